The molecule has 0 spiro atoms. The predicted octanol–water partition coefficient (Wildman–Crippen LogP) is 1.08. The van der Waals surface area contributed by atoms with Crippen LogP contribution in [0, 0.1) is 11.8 Å². The number of ether oxygens (including phenoxy) is 1. The molecule has 0 aromatic carbocycles. The van der Waals surface area contributed by atoms with Crippen molar-refractivity contribution in [3.8, 4) is 0 Å². The molecule has 6 heteroatoms. The van der Waals surface area contributed by atoms with Crippen LogP contribution >= 0.6 is 0 Å². The molecular weight excluding hydrogens is 328 g/mol. The standard InChI is InChI=1S/C11H22N2O.C9H18N2O/c1-12-4-2-3-11(9-12)10-13-5-7-14-8-6-13;1-10(2)9(12)8-5-4-6-11(3)7-8/h11H,2-10H2,1H3;8H,4-7H2,1-3H3. The number of piperidine rings is 2. The van der Waals surface area contributed by atoms with Crippen molar-refractivity contribution in [3.63, 3.8) is 0 Å². The van der Waals surface area contributed by atoms with Crippen molar-refractivity contribution in [2.24, 2.45) is 11.8 Å². The molecular formula is C20H40N4O2. The number of rotatable bonds is 3. The molecule has 6 nitrogen and oxygen atoms in total. The highest BCUT2D eigenvalue weighted by atomic mass is 16.5. The lowest BCUT2D eigenvalue weighted by Gasteiger charge is -2.35. The minimum Gasteiger partial charge on any atom is -0.379 e. The van der Waals surface area contributed by atoms with Crippen molar-refractivity contribution in [3.05, 3.63) is 0 Å². The van der Waals surface area contributed by atoms with Gasteiger partial charge in [-0.2, -0.15) is 0 Å². The second kappa shape index (κ2) is 11.2. The summed E-state index contributed by atoms with van der Waals surface area (Å²) in [5.74, 6) is 1.41. The lowest BCUT2D eigenvalue weighted by Crippen LogP contribution is -2.43. The van der Waals surface area contributed by atoms with Gasteiger partial charge in [0.2, 0.25) is 5.91 Å². The van der Waals surface area contributed by atoms with Crippen molar-refractivity contribution in [2.75, 3.05) is 87.2 Å². The Morgan fingerprint density at radius 1 is 0.962 bits per heavy atom. The molecule has 26 heavy (non-hydrogen) atoms. The van der Waals surface area contributed by atoms with Gasteiger partial charge in [0.25, 0.3) is 0 Å². The number of nitrogens with zero attached hydrogens (tertiary/aromatic N) is 4. The Balaban J connectivity index is 0.000000190. The van der Waals surface area contributed by atoms with E-state index in [1.807, 2.05) is 14.1 Å². The van der Waals surface area contributed by atoms with Crippen LogP contribution in [0.3, 0.4) is 0 Å². The fourth-order valence-electron chi connectivity index (χ4n) is 4.30. The summed E-state index contributed by atoms with van der Waals surface area (Å²) in [6, 6.07) is 0. The molecule has 0 aromatic rings. The normalized spacial score (nSPS) is 28.9. The van der Waals surface area contributed by atoms with Gasteiger partial charge < -0.3 is 19.4 Å². The van der Waals surface area contributed by atoms with Gasteiger partial charge in [-0.3, -0.25) is 9.69 Å². The van der Waals surface area contributed by atoms with Gasteiger partial charge in [0.05, 0.1) is 19.1 Å². The Labute approximate surface area is 160 Å². The molecule has 0 radical (unpaired) electrons. The number of likely N-dealkylation sites (tertiary alicyclic amines) is 2. The summed E-state index contributed by atoms with van der Waals surface area (Å²) in [4.78, 5) is 20.5. The molecule has 3 fully saturated rings. The van der Waals surface area contributed by atoms with E-state index in [2.05, 4.69) is 28.8 Å². The Morgan fingerprint density at radius 2 is 1.58 bits per heavy atom. The van der Waals surface area contributed by atoms with Crippen LogP contribution in [0.15, 0.2) is 0 Å². The summed E-state index contributed by atoms with van der Waals surface area (Å²) < 4.78 is 5.36. The molecule has 0 bridgehead atoms. The SMILES string of the molecule is CN1CCCC(C(=O)N(C)C)C1.CN1CCCC(CN2CCOCC2)C1. The second-order valence-corrected chi connectivity index (χ2v) is 8.52. The third-order valence-electron chi connectivity index (χ3n) is 5.76. The van der Waals surface area contributed by atoms with E-state index in [9.17, 15) is 4.79 Å². The minimum absolute atomic E-state index is 0.235. The molecule has 1 amide bonds. The molecule has 0 saturated carbocycles. The number of morpholine rings is 1. The molecule has 0 aromatic heterocycles. The van der Waals surface area contributed by atoms with Gasteiger partial charge in [-0.05, 0) is 58.8 Å². The van der Waals surface area contributed by atoms with E-state index >= 15 is 0 Å². The zero-order valence-electron chi connectivity index (χ0n) is 17.5. The van der Waals surface area contributed by atoms with E-state index in [4.69, 9.17) is 4.74 Å². The largest absolute Gasteiger partial charge is 0.379 e. The topological polar surface area (TPSA) is 39.3 Å². The molecule has 2 atom stereocenters. The van der Waals surface area contributed by atoms with E-state index in [1.165, 1.54) is 32.5 Å². The van der Waals surface area contributed by atoms with Crippen molar-refractivity contribution in [2.45, 2.75) is 25.7 Å². The third-order valence-corrected chi connectivity index (χ3v) is 5.76. The molecule has 2 unspecified atom stereocenters. The highest BCUT2D eigenvalue weighted by Gasteiger charge is 2.24. The van der Waals surface area contributed by atoms with Gasteiger partial charge >= 0.3 is 0 Å². The summed E-state index contributed by atoms with van der Waals surface area (Å²) in [6.07, 6.45) is 5.01. The molecule has 3 saturated heterocycles. The summed E-state index contributed by atoms with van der Waals surface area (Å²) >= 11 is 0. The van der Waals surface area contributed by atoms with E-state index in [0.717, 1.165) is 58.2 Å². The molecule has 3 rings (SSSR count). The molecule has 0 N–H and O–H groups in total. The van der Waals surface area contributed by atoms with Gasteiger partial charge in [-0.1, -0.05) is 0 Å². The maximum atomic E-state index is 11.5. The lowest BCUT2D eigenvalue weighted by atomic mass is 9.97. The maximum Gasteiger partial charge on any atom is 0.226 e. The molecule has 3 heterocycles. The monoisotopic (exact) mass is 368 g/mol. The van der Waals surface area contributed by atoms with Crippen LogP contribution in [-0.2, 0) is 9.53 Å². The summed E-state index contributed by atoms with van der Waals surface area (Å²) in [5.41, 5.74) is 0. The molecule has 0 aliphatic carbocycles. The third kappa shape index (κ3) is 7.51. The second-order valence-electron chi connectivity index (χ2n) is 8.52. The van der Waals surface area contributed by atoms with Gasteiger partial charge in [0, 0.05) is 46.8 Å². The first-order valence-electron chi connectivity index (χ1n) is 10.3. The van der Waals surface area contributed by atoms with Crippen LogP contribution < -0.4 is 0 Å². The highest BCUT2D eigenvalue weighted by molar-refractivity contribution is 5.78. The smallest absolute Gasteiger partial charge is 0.226 e. The van der Waals surface area contributed by atoms with Crippen LogP contribution in [0.1, 0.15) is 25.7 Å². The first-order chi connectivity index (χ1) is 12.5. The predicted molar refractivity (Wildman–Crippen MR) is 106 cm³/mol. The van der Waals surface area contributed by atoms with Gasteiger partial charge in [-0.15, -0.1) is 0 Å². The van der Waals surface area contributed by atoms with E-state index in [1.54, 1.807) is 4.90 Å². The quantitative estimate of drug-likeness (QED) is 0.745. The van der Waals surface area contributed by atoms with Crippen LogP contribution in [0.25, 0.3) is 0 Å². The molecule has 3 aliphatic heterocycles. The van der Waals surface area contributed by atoms with Crippen molar-refractivity contribution < 1.29 is 9.53 Å². The van der Waals surface area contributed by atoms with Crippen molar-refractivity contribution in [1.29, 1.82) is 0 Å². The zero-order valence-corrected chi connectivity index (χ0v) is 17.5. The van der Waals surface area contributed by atoms with Crippen molar-refractivity contribution in [1.82, 2.24) is 19.6 Å². The number of carbonyl (C=O) groups is 1. The fraction of sp³-hybridized carbons (Fsp3) is 0.950. The Morgan fingerprint density at radius 3 is 2.15 bits per heavy atom. The minimum atomic E-state index is 0.235. The van der Waals surface area contributed by atoms with Gasteiger partial charge in [0.1, 0.15) is 0 Å². The van der Waals surface area contributed by atoms with Crippen LogP contribution in [-0.4, -0.2) is 113 Å². The summed E-state index contributed by atoms with van der Waals surface area (Å²) in [5, 5.41) is 0. The Kier molecular flexibility index (Phi) is 9.33. The number of hydrogen-bond donors (Lipinski definition) is 0. The molecule has 152 valence electrons. The number of amides is 1. The molecule has 3 aliphatic rings. The Hall–Kier alpha value is -0.690. The number of carbonyl (C=O) groups excluding carboxylic acids is 1. The van der Waals surface area contributed by atoms with Gasteiger partial charge in [0.15, 0.2) is 0 Å². The Bertz CT molecular complexity index is 413. The van der Waals surface area contributed by atoms with E-state index in [-0.39, 0.29) is 11.8 Å². The van der Waals surface area contributed by atoms with E-state index < -0.39 is 0 Å². The average molecular weight is 369 g/mol. The first kappa shape index (κ1) is 21.6. The van der Waals surface area contributed by atoms with Gasteiger partial charge in [-0.25, -0.2) is 0 Å². The summed E-state index contributed by atoms with van der Waals surface area (Å²) in [7, 11) is 7.98. The zero-order chi connectivity index (χ0) is 18.9. The van der Waals surface area contributed by atoms with Crippen LogP contribution in [0.2, 0.25) is 0 Å². The maximum absolute atomic E-state index is 11.5. The summed E-state index contributed by atoms with van der Waals surface area (Å²) in [6.45, 7) is 10.1. The highest BCUT2D eigenvalue weighted by Crippen LogP contribution is 2.17. The van der Waals surface area contributed by atoms with E-state index in [0.29, 0.717) is 0 Å². The van der Waals surface area contributed by atoms with Crippen LogP contribution in [0.4, 0.5) is 0 Å². The lowest BCUT2D eigenvalue weighted by molar-refractivity contribution is -0.134. The first-order valence-corrected chi connectivity index (χ1v) is 10.3. The number of hydrogen-bond acceptors (Lipinski definition) is 5. The average Bonchev–Trinajstić information content (AvgIpc) is 2.62. The fourth-order valence-corrected chi connectivity index (χ4v) is 4.30. The van der Waals surface area contributed by atoms with Crippen molar-refractivity contribution >= 4 is 5.91 Å². The van der Waals surface area contributed by atoms with Crippen LogP contribution in [0.5, 0.6) is 0 Å².